The highest BCUT2D eigenvalue weighted by Crippen LogP contribution is 2.35. The molecule has 0 aliphatic heterocycles. The van der Waals surface area contributed by atoms with Gasteiger partial charge in [0.25, 0.3) is 0 Å². The molecule has 0 fully saturated rings. The van der Waals surface area contributed by atoms with Crippen molar-refractivity contribution in [3.05, 3.63) is 53.0 Å². The van der Waals surface area contributed by atoms with Gasteiger partial charge in [0, 0.05) is 13.8 Å². The van der Waals surface area contributed by atoms with Crippen LogP contribution in [0.3, 0.4) is 0 Å². The Balaban J connectivity index is 2.39. The maximum absolute atomic E-state index is 10.3. The van der Waals surface area contributed by atoms with E-state index in [-0.39, 0.29) is 0 Å². The van der Waals surface area contributed by atoms with Gasteiger partial charge in [0.1, 0.15) is 6.10 Å². The van der Waals surface area contributed by atoms with E-state index in [9.17, 15) is 5.11 Å². The Bertz CT molecular complexity index is 511. The third-order valence-electron chi connectivity index (χ3n) is 2.35. The molecule has 1 unspecified atom stereocenters. The zero-order valence-corrected chi connectivity index (χ0v) is 14.5. The second kappa shape index (κ2) is 5.53. The molecule has 0 aliphatic rings. The van der Waals surface area contributed by atoms with Crippen molar-refractivity contribution >= 4 is 59.1 Å². The average molecular weight is 441 g/mol. The minimum Gasteiger partial charge on any atom is -0.383 e. The van der Waals surface area contributed by atoms with E-state index in [0.717, 1.165) is 28.7 Å². The molecular formula is C12H9Br3OS. The second-order valence-electron chi connectivity index (χ2n) is 3.71. The summed E-state index contributed by atoms with van der Waals surface area (Å²) >= 11 is 11.9. The number of hydrogen-bond acceptors (Lipinski definition) is 2. The zero-order valence-electron chi connectivity index (χ0n) is 8.88. The molecule has 90 valence electrons. The predicted octanol–water partition coefficient (Wildman–Crippen LogP) is 5.43. The lowest BCUT2D eigenvalue weighted by Gasteiger charge is -2.10. The Kier molecular flexibility index (Phi) is 4.47. The molecule has 0 spiro atoms. The summed E-state index contributed by atoms with van der Waals surface area (Å²) in [7, 11) is 0. The van der Waals surface area contributed by atoms with Crippen molar-refractivity contribution in [2.24, 2.45) is 0 Å². The number of aryl methyl sites for hydroxylation is 1. The van der Waals surface area contributed by atoms with Gasteiger partial charge in [0.05, 0.1) is 3.79 Å². The van der Waals surface area contributed by atoms with Crippen molar-refractivity contribution in [3.8, 4) is 0 Å². The molecule has 1 atom stereocenters. The molecule has 17 heavy (non-hydrogen) atoms. The van der Waals surface area contributed by atoms with Gasteiger partial charge in [-0.15, -0.1) is 11.3 Å². The number of benzene rings is 1. The largest absolute Gasteiger partial charge is 0.383 e. The molecule has 0 bridgehead atoms. The summed E-state index contributed by atoms with van der Waals surface area (Å²) in [5.41, 5.74) is 2.03. The van der Waals surface area contributed by atoms with Gasteiger partial charge in [-0.2, -0.15) is 0 Å². The number of aliphatic hydroxyl groups excluding tert-OH is 1. The minimum atomic E-state index is -0.584. The maximum Gasteiger partial charge on any atom is 0.113 e. The molecule has 1 heterocycles. The zero-order chi connectivity index (χ0) is 12.6. The van der Waals surface area contributed by atoms with Crippen molar-refractivity contribution in [2.45, 2.75) is 13.0 Å². The third-order valence-corrected chi connectivity index (χ3v) is 5.45. The van der Waals surface area contributed by atoms with E-state index in [1.165, 1.54) is 0 Å². The van der Waals surface area contributed by atoms with E-state index in [4.69, 9.17) is 0 Å². The molecule has 0 radical (unpaired) electrons. The minimum absolute atomic E-state index is 0.584. The molecule has 0 saturated heterocycles. The monoisotopic (exact) mass is 438 g/mol. The molecule has 1 nitrogen and oxygen atoms in total. The summed E-state index contributed by atoms with van der Waals surface area (Å²) in [6.45, 7) is 2.02. The van der Waals surface area contributed by atoms with Crippen LogP contribution in [0.25, 0.3) is 0 Å². The van der Waals surface area contributed by atoms with Gasteiger partial charge >= 0.3 is 0 Å². The smallest absolute Gasteiger partial charge is 0.113 e. The van der Waals surface area contributed by atoms with Crippen LogP contribution in [-0.4, -0.2) is 5.11 Å². The number of hydrogen-bond donors (Lipinski definition) is 1. The van der Waals surface area contributed by atoms with Gasteiger partial charge < -0.3 is 5.11 Å². The molecule has 2 rings (SSSR count). The van der Waals surface area contributed by atoms with Crippen LogP contribution < -0.4 is 0 Å². The lowest BCUT2D eigenvalue weighted by Crippen LogP contribution is -1.97. The Hall–Kier alpha value is 0.320. The molecular weight excluding hydrogens is 432 g/mol. The van der Waals surface area contributed by atoms with Crippen LogP contribution in [0.15, 0.2) is 37.0 Å². The summed E-state index contributed by atoms with van der Waals surface area (Å²) in [5.74, 6) is 0. The topological polar surface area (TPSA) is 20.2 Å². The molecule has 0 amide bonds. The standard InChI is InChI=1S/C12H9Br3OS/c1-6-2-10(17-12(6)15)11(16)7-3-8(13)5-9(14)4-7/h2-5,11,16H,1H3. The van der Waals surface area contributed by atoms with Crippen molar-refractivity contribution in [2.75, 3.05) is 0 Å². The van der Waals surface area contributed by atoms with Crippen LogP contribution in [0.4, 0.5) is 0 Å². The third kappa shape index (κ3) is 3.20. The highest BCUT2D eigenvalue weighted by molar-refractivity contribution is 9.11. The van der Waals surface area contributed by atoms with E-state index >= 15 is 0 Å². The first-order valence-electron chi connectivity index (χ1n) is 4.87. The Labute approximate surface area is 129 Å². The second-order valence-corrected chi connectivity index (χ2v) is 7.94. The van der Waals surface area contributed by atoms with E-state index < -0.39 is 6.10 Å². The summed E-state index contributed by atoms with van der Waals surface area (Å²) in [6, 6.07) is 7.82. The summed E-state index contributed by atoms with van der Waals surface area (Å²) in [5, 5.41) is 10.3. The van der Waals surface area contributed by atoms with Crippen LogP contribution in [-0.2, 0) is 0 Å². The Morgan fingerprint density at radius 1 is 1.06 bits per heavy atom. The molecule has 0 aliphatic carbocycles. The van der Waals surface area contributed by atoms with Crippen molar-refractivity contribution < 1.29 is 5.11 Å². The normalized spacial score (nSPS) is 12.8. The van der Waals surface area contributed by atoms with E-state index in [2.05, 4.69) is 47.8 Å². The lowest BCUT2D eigenvalue weighted by molar-refractivity contribution is 0.224. The van der Waals surface area contributed by atoms with Gasteiger partial charge in [-0.25, -0.2) is 0 Å². The van der Waals surface area contributed by atoms with Crippen LogP contribution in [0, 0.1) is 6.92 Å². The molecule has 1 aromatic heterocycles. The van der Waals surface area contributed by atoms with Gasteiger partial charge in [0.2, 0.25) is 0 Å². The first kappa shape index (κ1) is 13.7. The van der Waals surface area contributed by atoms with Crippen LogP contribution in [0.1, 0.15) is 22.1 Å². The van der Waals surface area contributed by atoms with Crippen LogP contribution in [0.5, 0.6) is 0 Å². The molecule has 1 aromatic carbocycles. The fourth-order valence-electron chi connectivity index (χ4n) is 1.52. The number of aliphatic hydroxyl groups is 1. The van der Waals surface area contributed by atoms with Crippen LogP contribution in [0.2, 0.25) is 0 Å². The van der Waals surface area contributed by atoms with Gasteiger partial charge in [-0.3, -0.25) is 0 Å². The first-order chi connectivity index (χ1) is 7.97. The molecule has 0 saturated carbocycles. The predicted molar refractivity (Wildman–Crippen MR) is 82.7 cm³/mol. The maximum atomic E-state index is 10.3. The van der Waals surface area contributed by atoms with E-state index in [0.29, 0.717) is 0 Å². The highest BCUT2D eigenvalue weighted by Gasteiger charge is 2.15. The van der Waals surface area contributed by atoms with E-state index in [1.54, 1.807) is 11.3 Å². The lowest BCUT2D eigenvalue weighted by atomic mass is 10.1. The fraction of sp³-hybridized carbons (Fsp3) is 0.167. The van der Waals surface area contributed by atoms with Crippen LogP contribution >= 0.6 is 59.1 Å². The Morgan fingerprint density at radius 2 is 1.65 bits per heavy atom. The molecule has 5 heteroatoms. The average Bonchev–Trinajstić information content (AvgIpc) is 2.57. The molecule has 1 N–H and O–H groups in total. The van der Waals surface area contributed by atoms with Crippen molar-refractivity contribution in [1.82, 2.24) is 0 Å². The van der Waals surface area contributed by atoms with Gasteiger partial charge in [-0.1, -0.05) is 31.9 Å². The summed E-state index contributed by atoms with van der Waals surface area (Å²) in [6.07, 6.45) is -0.584. The highest BCUT2D eigenvalue weighted by atomic mass is 79.9. The Morgan fingerprint density at radius 3 is 2.12 bits per heavy atom. The van der Waals surface area contributed by atoms with E-state index in [1.807, 2.05) is 31.2 Å². The number of rotatable bonds is 2. The fourth-order valence-corrected chi connectivity index (χ4v) is 4.43. The van der Waals surface area contributed by atoms with Crippen molar-refractivity contribution in [3.63, 3.8) is 0 Å². The SMILES string of the molecule is Cc1cc(C(O)c2cc(Br)cc(Br)c2)sc1Br. The number of halogens is 3. The van der Waals surface area contributed by atoms with Crippen molar-refractivity contribution in [1.29, 1.82) is 0 Å². The first-order valence-corrected chi connectivity index (χ1v) is 8.07. The van der Waals surface area contributed by atoms with Gasteiger partial charge in [0.15, 0.2) is 0 Å². The van der Waals surface area contributed by atoms with Gasteiger partial charge in [-0.05, 0) is 58.2 Å². The molecule has 2 aromatic rings. The number of thiophene rings is 1. The summed E-state index contributed by atoms with van der Waals surface area (Å²) in [4.78, 5) is 0.944. The quantitative estimate of drug-likeness (QED) is 0.660. The summed E-state index contributed by atoms with van der Waals surface area (Å²) < 4.78 is 2.97.